The molecule has 9 heteroatoms. The van der Waals surface area contributed by atoms with E-state index in [4.69, 9.17) is 9.88 Å². The van der Waals surface area contributed by atoms with Gasteiger partial charge in [-0.3, -0.25) is 0 Å². The van der Waals surface area contributed by atoms with E-state index in [2.05, 4.69) is 0 Å². The number of primary sulfonamides is 1. The molecule has 3 aromatic carbocycles. The maximum Gasteiger partial charge on any atom is 0.238 e. The van der Waals surface area contributed by atoms with Crippen LogP contribution in [-0.4, -0.2) is 30.2 Å². The van der Waals surface area contributed by atoms with Crippen molar-refractivity contribution in [2.75, 3.05) is 13.4 Å². The van der Waals surface area contributed by atoms with Crippen LogP contribution in [0.15, 0.2) is 76.5 Å². The Morgan fingerprint density at radius 1 is 0.806 bits per heavy atom. The molecule has 0 bridgehead atoms. The van der Waals surface area contributed by atoms with Gasteiger partial charge in [-0.15, -0.1) is 11.3 Å². The number of hydrogen-bond donors (Lipinski definition) is 1. The first-order valence-corrected chi connectivity index (χ1v) is 13.4. The zero-order valence-corrected chi connectivity index (χ0v) is 19.1. The van der Waals surface area contributed by atoms with Gasteiger partial charge < -0.3 is 4.74 Å². The molecule has 0 aliphatic carbocycles. The van der Waals surface area contributed by atoms with Crippen LogP contribution in [0.1, 0.15) is 0 Å². The summed E-state index contributed by atoms with van der Waals surface area (Å²) < 4.78 is 53.3. The highest BCUT2D eigenvalue weighted by Gasteiger charge is 2.18. The van der Waals surface area contributed by atoms with Gasteiger partial charge in [-0.05, 0) is 53.6 Å². The molecule has 0 aliphatic rings. The second-order valence-electron chi connectivity index (χ2n) is 7.03. The van der Waals surface area contributed by atoms with Crippen LogP contribution in [0.5, 0.6) is 5.75 Å². The van der Waals surface area contributed by atoms with Crippen LogP contribution in [0.25, 0.3) is 31.7 Å². The lowest BCUT2D eigenvalue weighted by molar-refractivity contribution is 0.415. The molecule has 0 fully saturated rings. The van der Waals surface area contributed by atoms with Gasteiger partial charge in [-0.25, -0.2) is 22.0 Å². The Bertz CT molecular complexity index is 1490. The third kappa shape index (κ3) is 4.22. The van der Waals surface area contributed by atoms with E-state index in [0.29, 0.717) is 0 Å². The molecule has 0 saturated heterocycles. The lowest BCUT2D eigenvalue weighted by Gasteiger charge is -2.08. The smallest absolute Gasteiger partial charge is 0.238 e. The summed E-state index contributed by atoms with van der Waals surface area (Å²) in [6.07, 6.45) is 1.17. The lowest BCUT2D eigenvalue weighted by atomic mass is 9.99. The van der Waals surface area contributed by atoms with Crippen molar-refractivity contribution >= 4 is 41.3 Å². The number of benzene rings is 3. The minimum absolute atomic E-state index is 0.0384. The molecule has 0 radical (unpaired) electrons. The normalized spacial score (nSPS) is 12.2. The van der Waals surface area contributed by atoms with Crippen molar-refractivity contribution in [2.45, 2.75) is 9.79 Å². The van der Waals surface area contributed by atoms with Crippen LogP contribution in [-0.2, 0) is 19.9 Å². The molecule has 0 aliphatic heterocycles. The summed E-state index contributed by atoms with van der Waals surface area (Å²) >= 11 is 1.55. The monoisotopic (exact) mass is 473 g/mol. The van der Waals surface area contributed by atoms with Crippen molar-refractivity contribution < 1.29 is 21.6 Å². The Balaban J connectivity index is 1.94. The molecular formula is C22H19NO5S3. The Morgan fingerprint density at radius 3 is 1.94 bits per heavy atom. The molecule has 0 amide bonds. The van der Waals surface area contributed by atoms with E-state index in [1.54, 1.807) is 54.8 Å². The maximum absolute atomic E-state index is 11.8. The number of sulfone groups is 1. The van der Waals surface area contributed by atoms with Crippen molar-refractivity contribution in [3.8, 4) is 27.3 Å². The summed E-state index contributed by atoms with van der Waals surface area (Å²) in [4.78, 5) is 1.22. The Labute approximate surface area is 184 Å². The van der Waals surface area contributed by atoms with Gasteiger partial charge in [-0.2, -0.15) is 0 Å². The van der Waals surface area contributed by atoms with Gasteiger partial charge >= 0.3 is 0 Å². The SMILES string of the molecule is COc1ccc2c(-c3ccc(S(N)(=O)=O)cc3)c(-c3ccc(S(C)(=O)=O)cc3)sc2c1. The van der Waals surface area contributed by atoms with E-state index in [9.17, 15) is 16.8 Å². The second-order valence-corrected chi connectivity index (χ2v) is 11.7. The summed E-state index contributed by atoms with van der Waals surface area (Å²) in [5.74, 6) is 0.726. The van der Waals surface area contributed by atoms with Gasteiger partial charge in [0.2, 0.25) is 10.0 Å². The van der Waals surface area contributed by atoms with E-state index in [0.717, 1.165) is 37.4 Å². The van der Waals surface area contributed by atoms with Gasteiger partial charge in [0, 0.05) is 26.8 Å². The van der Waals surface area contributed by atoms with Gasteiger partial charge in [0.15, 0.2) is 9.84 Å². The van der Waals surface area contributed by atoms with Crippen molar-refractivity contribution in [2.24, 2.45) is 5.14 Å². The van der Waals surface area contributed by atoms with Gasteiger partial charge in [-0.1, -0.05) is 24.3 Å². The number of hydrogen-bond acceptors (Lipinski definition) is 6. The molecule has 0 unspecified atom stereocenters. The van der Waals surface area contributed by atoms with Crippen molar-refractivity contribution in [1.29, 1.82) is 0 Å². The lowest BCUT2D eigenvalue weighted by Crippen LogP contribution is -2.11. The number of nitrogens with two attached hydrogens (primary N) is 1. The molecule has 1 heterocycles. The number of sulfonamides is 1. The van der Waals surface area contributed by atoms with Crippen LogP contribution in [0, 0.1) is 0 Å². The van der Waals surface area contributed by atoms with E-state index in [1.165, 1.54) is 18.4 Å². The van der Waals surface area contributed by atoms with Gasteiger partial charge in [0.25, 0.3) is 0 Å². The summed E-state index contributed by atoms with van der Waals surface area (Å²) in [6.45, 7) is 0. The highest BCUT2D eigenvalue weighted by molar-refractivity contribution is 7.90. The first kappa shape index (κ1) is 21.5. The average Bonchev–Trinajstić information content (AvgIpc) is 3.11. The molecule has 6 nitrogen and oxygen atoms in total. The minimum Gasteiger partial charge on any atom is -0.497 e. The average molecular weight is 474 g/mol. The third-order valence-electron chi connectivity index (χ3n) is 4.91. The van der Waals surface area contributed by atoms with Crippen molar-refractivity contribution in [1.82, 2.24) is 0 Å². The highest BCUT2D eigenvalue weighted by atomic mass is 32.2. The summed E-state index contributed by atoms with van der Waals surface area (Å²) in [7, 11) is -5.49. The fraction of sp³-hybridized carbons (Fsp3) is 0.0909. The van der Waals surface area contributed by atoms with Crippen LogP contribution >= 0.6 is 11.3 Å². The predicted octanol–water partition coefficient (Wildman–Crippen LogP) is 4.29. The standard InChI is InChI=1S/C22H19NO5S3/c1-28-16-7-12-19-20(13-16)29-22(15-5-8-17(9-6-15)30(2,24)25)21(19)14-3-10-18(11-4-14)31(23,26)27/h3-13H,1-2H3,(H2,23,26,27). The van der Waals surface area contributed by atoms with Gasteiger partial charge in [0.1, 0.15) is 5.75 Å². The molecule has 31 heavy (non-hydrogen) atoms. The first-order chi connectivity index (χ1) is 14.6. The molecule has 4 rings (SSSR count). The summed E-state index contributed by atoms with van der Waals surface area (Å²) in [5.41, 5.74) is 2.61. The molecule has 4 aromatic rings. The molecular weight excluding hydrogens is 454 g/mol. The zero-order chi connectivity index (χ0) is 22.4. The Kier molecular flexibility index (Phi) is 5.38. The van der Waals surface area contributed by atoms with E-state index in [-0.39, 0.29) is 9.79 Å². The van der Waals surface area contributed by atoms with E-state index >= 15 is 0 Å². The predicted molar refractivity (Wildman–Crippen MR) is 124 cm³/mol. The third-order valence-corrected chi connectivity index (χ3v) is 8.17. The van der Waals surface area contributed by atoms with Crippen LogP contribution in [0.3, 0.4) is 0 Å². The van der Waals surface area contributed by atoms with Crippen molar-refractivity contribution in [3.63, 3.8) is 0 Å². The molecule has 1 aromatic heterocycles. The van der Waals surface area contributed by atoms with E-state index in [1.807, 2.05) is 18.2 Å². The number of fused-ring (bicyclic) bond motifs is 1. The molecule has 0 atom stereocenters. The van der Waals surface area contributed by atoms with E-state index < -0.39 is 19.9 Å². The van der Waals surface area contributed by atoms with Crippen LogP contribution in [0.2, 0.25) is 0 Å². The Hall–Kier alpha value is -2.72. The zero-order valence-electron chi connectivity index (χ0n) is 16.7. The number of rotatable bonds is 5. The van der Waals surface area contributed by atoms with Crippen LogP contribution < -0.4 is 9.88 Å². The fourth-order valence-corrected chi connectivity index (χ4v) is 5.76. The van der Waals surface area contributed by atoms with Crippen LogP contribution in [0.4, 0.5) is 0 Å². The quantitative estimate of drug-likeness (QED) is 0.466. The first-order valence-electron chi connectivity index (χ1n) is 9.12. The Morgan fingerprint density at radius 2 is 1.39 bits per heavy atom. The number of thiophene rings is 1. The fourth-order valence-electron chi connectivity index (χ4n) is 3.36. The minimum atomic E-state index is -3.79. The second kappa shape index (κ2) is 7.76. The maximum atomic E-state index is 11.8. The number of methoxy groups -OCH3 is 1. The molecule has 2 N–H and O–H groups in total. The number of ether oxygens (including phenoxy) is 1. The summed E-state index contributed by atoms with van der Waals surface area (Å²) in [5, 5.41) is 6.21. The molecule has 0 spiro atoms. The van der Waals surface area contributed by atoms with Gasteiger partial charge in [0.05, 0.1) is 16.9 Å². The molecule has 160 valence electrons. The highest BCUT2D eigenvalue weighted by Crippen LogP contribution is 2.46. The topological polar surface area (TPSA) is 104 Å². The molecule has 0 saturated carbocycles. The largest absolute Gasteiger partial charge is 0.497 e. The summed E-state index contributed by atoms with van der Waals surface area (Å²) in [6, 6.07) is 18.9. The van der Waals surface area contributed by atoms with Crippen molar-refractivity contribution in [3.05, 3.63) is 66.7 Å².